The average molecular weight is 464 g/mol. The van der Waals surface area contributed by atoms with Gasteiger partial charge in [0.15, 0.2) is 5.78 Å². The van der Waals surface area contributed by atoms with E-state index in [1.54, 1.807) is 0 Å². The normalized spacial score (nSPS) is 10.4. The van der Waals surface area contributed by atoms with Crippen LogP contribution in [0.5, 0.6) is 0 Å². The van der Waals surface area contributed by atoms with E-state index in [1.807, 2.05) is 0 Å². The number of hydrogen-bond acceptors (Lipinski definition) is 4. The molecule has 0 aliphatic carbocycles. The van der Waals surface area contributed by atoms with Crippen LogP contribution in [-0.2, 0) is 6.42 Å². The molecule has 2 aromatic rings. The Balaban J connectivity index is 0.00000218. The van der Waals surface area contributed by atoms with E-state index in [0.717, 1.165) is 6.07 Å². The highest BCUT2D eigenvalue weighted by atomic mass is 35.5. The molecule has 0 aliphatic rings. The maximum atomic E-state index is 12.9. The number of hydrogen-bond donors (Lipinski definition) is 2. The van der Waals surface area contributed by atoms with Crippen LogP contribution >= 0.6 is 47.2 Å². The third kappa shape index (κ3) is 6.95. The Morgan fingerprint density at radius 3 is 1.93 bits per heavy atom. The van der Waals surface area contributed by atoms with Crippen molar-refractivity contribution >= 4 is 58.2 Å². The van der Waals surface area contributed by atoms with Crippen molar-refractivity contribution in [2.75, 3.05) is 0 Å². The number of hydrazine groups is 1. The van der Waals surface area contributed by atoms with Gasteiger partial charge < -0.3 is 0 Å². The molecular weight excluding hydrogens is 451 g/mol. The first-order valence-electron chi connectivity index (χ1n) is 6.81. The van der Waals surface area contributed by atoms with E-state index in [-0.39, 0.29) is 23.0 Å². The smallest absolute Gasteiger partial charge is 0.289 e. The number of nitrogens with two attached hydrogens (primary N) is 2. The molecule has 0 radical (unpaired) electrons. The van der Waals surface area contributed by atoms with Gasteiger partial charge in [-0.05, 0) is 53.6 Å². The van der Waals surface area contributed by atoms with Crippen LogP contribution in [0.3, 0.4) is 0 Å². The van der Waals surface area contributed by atoms with Gasteiger partial charge in [-0.2, -0.15) is 13.2 Å². The summed E-state index contributed by atoms with van der Waals surface area (Å²) in [6.45, 7) is 0. The molecule has 0 atom stereocenters. The molecule has 0 heterocycles. The Hall–Kier alpha value is -1.35. The number of carbonyl (C=O) groups is 2. The highest BCUT2D eigenvalue weighted by molar-refractivity contribution is 6.68. The molecule has 0 spiro atoms. The van der Waals surface area contributed by atoms with Crippen molar-refractivity contribution in [1.29, 1.82) is 0 Å². The summed E-state index contributed by atoms with van der Waals surface area (Å²) >= 11 is 17.0. The van der Waals surface area contributed by atoms with E-state index in [4.69, 9.17) is 34.8 Å². The highest BCUT2D eigenvalue weighted by Gasteiger charge is 2.33. The lowest BCUT2D eigenvalue weighted by Gasteiger charge is -2.15. The monoisotopic (exact) mass is 462 g/mol. The molecule has 0 aromatic heterocycles. The molecule has 0 saturated carbocycles. The zero-order valence-electron chi connectivity index (χ0n) is 13.3. The summed E-state index contributed by atoms with van der Waals surface area (Å²) in [6.07, 6.45) is -6.16. The summed E-state index contributed by atoms with van der Waals surface area (Å²) in [5.74, 6) is 7.25. The summed E-state index contributed by atoms with van der Waals surface area (Å²) in [4.78, 5) is 24.1. The predicted molar refractivity (Wildman–Crippen MR) is 102 cm³/mol. The molecule has 0 saturated heterocycles. The number of rotatable bonds is 4. The van der Waals surface area contributed by atoms with Gasteiger partial charge in [0.25, 0.3) is 5.24 Å². The fourth-order valence-corrected chi connectivity index (χ4v) is 2.74. The predicted octanol–water partition coefficient (Wildman–Crippen LogP) is 4.95. The summed E-state index contributed by atoms with van der Waals surface area (Å²) in [5, 5.41) is -0.940. The third-order valence-electron chi connectivity index (χ3n) is 3.18. The van der Waals surface area contributed by atoms with E-state index in [0.29, 0.717) is 5.02 Å². The Labute approximate surface area is 173 Å². The maximum absolute atomic E-state index is 12.9. The lowest BCUT2D eigenvalue weighted by molar-refractivity contribution is -0.127. The van der Waals surface area contributed by atoms with E-state index in [2.05, 4.69) is 11.7 Å². The Kier molecular flexibility index (Phi) is 10.3. The Morgan fingerprint density at radius 1 is 0.963 bits per heavy atom. The first-order chi connectivity index (χ1) is 12.1. The van der Waals surface area contributed by atoms with Gasteiger partial charge in [0.1, 0.15) is 0 Å². The van der Waals surface area contributed by atoms with Gasteiger partial charge in [0.2, 0.25) is 0 Å². The van der Waals surface area contributed by atoms with Crippen molar-refractivity contribution in [2.24, 2.45) is 11.7 Å². The van der Waals surface area contributed by atoms with Crippen LogP contribution in [0, 0.1) is 0 Å². The maximum Gasteiger partial charge on any atom is 0.393 e. The van der Waals surface area contributed by atoms with Gasteiger partial charge in [0, 0.05) is 21.7 Å². The van der Waals surface area contributed by atoms with Crippen LogP contribution in [0.1, 0.15) is 31.8 Å². The molecule has 2 rings (SSSR count). The molecule has 4 N–H and O–H groups in total. The second-order valence-corrected chi connectivity index (χ2v) is 6.04. The first kappa shape index (κ1) is 25.6. The van der Waals surface area contributed by atoms with E-state index < -0.39 is 40.3 Å². The summed E-state index contributed by atoms with van der Waals surface area (Å²) in [6, 6.07) is 7.78. The van der Waals surface area contributed by atoms with Crippen molar-refractivity contribution < 1.29 is 22.8 Å². The number of benzene rings is 2. The fourth-order valence-electron chi connectivity index (χ4n) is 2.18. The van der Waals surface area contributed by atoms with Gasteiger partial charge in [-0.3, -0.25) is 21.3 Å². The van der Waals surface area contributed by atoms with Crippen LogP contribution in [0.25, 0.3) is 0 Å². The Bertz CT molecular complexity index is 813. The molecule has 0 fully saturated rings. The first-order valence-corrected chi connectivity index (χ1v) is 7.95. The van der Waals surface area contributed by atoms with Gasteiger partial charge >= 0.3 is 6.18 Å². The molecule has 11 heteroatoms. The second kappa shape index (κ2) is 10.8. The molecule has 0 bridgehead atoms. The second-order valence-electron chi connectivity index (χ2n) is 4.85. The standard InChI is InChI=1S/C16H8Cl3F3O2.ClH.H4N2/c17-9-3-1-8(2-4-9)14(23)13-11(7-16(20,21)22)10(15(19)24)5-6-12(13)18;;1-2/h1-6H,7H2;1H;1-2H2. The van der Waals surface area contributed by atoms with Crippen molar-refractivity contribution in [1.82, 2.24) is 0 Å². The summed E-state index contributed by atoms with van der Waals surface area (Å²) < 4.78 is 38.7. The van der Waals surface area contributed by atoms with Gasteiger partial charge in [-0.1, -0.05) is 23.2 Å². The highest BCUT2D eigenvalue weighted by Crippen LogP contribution is 2.32. The SMILES string of the molecule is Cl.NN.O=C(Cl)c1ccc(Cl)c(C(=O)c2ccc(Cl)cc2)c1CC(F)(F)F. The minimum atomic E-state index is -4.65. The lowest BCUT2D eigenvalue weighted by Crippen LogP contribution is -2.18. The number of halogens is 7. The van der Waals surface area contributed by atoms with E-state index in [9.17, 15) is 22.8 Å². The van der Waals surface area contributed by atoms with Crippen LogP contribution in [0.4, 0.5) is 13.2 Å². The Morgan fingerprint density at radius 2 is 1.48 bits per heavy atom. The van der Waals surface area contributed by atoms with Crippen LogP contribution in [0.2, 0.25) is 10.0 Å². The van der Waals surface area contributed by atoms with Crippen LogP contribution in [0.15, 0.2) is 36.4 Å². The third-order valence-corrected chi connectivity index (χ3v) is 3.96. The topological polar surface area (TPSA) is 86.2 Å². The number of ketones is 1. The zero-order chi connectivity index (χ0) is 20.1. The van der Waals surface area contributed by atoms with Crippen LogP contribution < -0.4 is 11.7 Å². The quantitative estimate of drug-likeness (QED) is 0.290. The van der Waals surface area contributed by atoms with Crippen molar-refractivity contribution in [2.45, 2.75) is 12.6 Å². The van der Waals surface area contributed by atoms with E-state index in [1.165, 1.54) is 30.3 Å². The van der Waals surface area contributed by atoms with Gasteiger partial charge in [-0.25, -0.2) is 0 Å². The lowest BCUT2D eigenvalue weighted by atomic mass is 9.92. The number of carbonyl (C=O) groups excluding carboxylic acids is 2. The fraction of sp³-hybridized carbons (Fsp3) is 0.125. The van der Waals surface area contributed by atoms with Crippen LogP contribution in [-0.4, -0.2) is 17.2 Å². The molecule has 0 unspecified atom stereocenters. The number of alkyl halides is 3. The van der Waals surface area contributed by atoms with Gasteiger partial charge in [-0.15, -0.1) is 12.4 Å². The summed E-state index contributed by atoms with van der Waals surface area (Å²) in [7, 11) is 0. The average Bonchev–Trinajstić information content (AvgIpc) is 2.55. The molecule has 148 valence electrons. The van der Waals surface area contributed by atoms with Gasteiger partial charge in [0.05, 0.1) is 11.4 Å². The zero-order valence-corrected chi connectivity index (χ0v) is 16.4. The minimum Gasteiger partial charge on any atom is -0.289 e. The molecule has 0 amide bonds. The largest absolute Gasteiger partial charge is 0.393 e. The van der Waals surface area contributed by atoms with E-state index >= 15 is 0 Å². The molecular formula is C16H13Cl4F3N2O2. The summed E-state index contributed by atoms with van der Waals surface area (Å²) in [5.41, 5.74) is -1.27. The molecule has 2 aromatic carbocycles. The van der Waals surface area contributed by atoms with Crippen molar-refractivity contribution in [3.63, 3.8) is 0 Å². The molecule has 4 nitrogen and oxygen atoms in total. The van der Waals surface area contributed by atoms with Crippen molar-refractivity contribution in [3.8, 4) is 0 Å². The molecule has 0 aliphatic heterocycles. The van der Waals surface area contributed by atoms with Crippen molar-refractivity contribution in [3.05, 3.63) is 68.7 Å². The minimum absolute atomic E-state index is 0. The molecule has 27 heavy (non-hydrogen) atoms.